The molecule has 0 radical (unpaired) electrons. The summed E-state index contributed by atoms with van der Waals surface area (Å²) in [6.07, 6.45) is 8.04. The predicted octanol–water partition coefficient (Wildman–Crippen LogP) is 2.59. The fourth-order valence-electron chi connectivity index (χ4n) is 3.06. The van der Waals surface area contributed by atoms with E-state index in [0.29, 0.717) is 5.95 Å². The number of hydrogen-bond acceptors (Lipinski definition) is 5. The van der Waals surface area contributed by atoms with Crippen LogP contribution in [0.25, 0.3) is 0 Å². The molecule has 20 heavy (non-hydrogen) atoms. The van der Waals surface area contributed by atoms with Crippen molar-refractivity contribution in [3.05, 3.63) is 31.4 Å². The average Bonchev–Trinajstić information content (AvgIpc) is 2.82. The summed E-state index contributed by atoms with van der Waals surface area (Å²) in [7, 11) is 1.83. The van der Waals surface area contributed by atoms with E-state index in [1.165, 1.54) is 0 Å². The number of anilines is 3. The number of nitrogens with two attached hydrogens (primary N) is 1. The highest BCUT2D eigenvalue weighted by Gasteiger charge is 2.39. The summed E-state index contributed by atoms with van der Waals surface area (Å²) >= 11 is 0. The molecule has 1 aromatic rings. The van der Waals surface area contributed by atoms with Gasteiger partial charge < -0.3 is 16.0 Å². The fourth-order valence-corrected chi connectivity index (χ4v) is 3.06. The summed E-state index contributed by atoms with van der Waals surface area (Å²) in [4.78, 5) is 10.9. The van der Waals surface area contributed by atoms with Crippen LogP contribution in [-0.4, -0.2) is 29.1 Å². The minimum absolute atomic E-state index is 0.0231. The summed E-state index contributed by atoms with van der Waals surface area (Å²) in [5.41, 5.74) is 5.83. The van der Waals surface area contributed by atoms with Crippen molar-refractivity contribution in [2.75, 3.05) is 29.5 Å². The van der Waals surface area contributed by atoms with Crippen molar-refractivity contribution in [3.8, 4) is 0 Å². The molecule has 0 aromatic carbocycles. The van der Waals surface area contributed by atoms with E-state index >= 15 is 0 Å². The van der Waals surface area contributed by atoms with Gasteiger partial charge in [-0.25, -0.2) is 0 Å². The Morgan fingerprint density at radius 2 is 2.10 bits per heavy atom. The first kappa shape index (κ1) is 14.4. The Hall–Kier alpha value is -2.04. The van der Waals surface area contributed by atoms with Crippen LogP contribution >= 0.6 is 0 Å². The highest BCUT2D eigenvalue weighted by Crippen LogP contribution is 2.39. The maximum Gasteiger partial charge on any atom is 0.223 e. The number of nitrogen functional groups attached to an aromatic ring is 1. The molecular weight excluding hydrogens is 250 g/mol. The first-order chi connectivity index (χ1) is 9.65. The van der Waals surface area contributed by atoms with Crippen molar-refractivity contribution in [2.45, 2.75) is 31.2 Å². The highest BCUT2D eigenvalue weighted by atomic mass is 15.3. The zero-order valence-corrected chi connectivity index (χ0v) is 12.1. The van der Waals surface area contributed by atoms with Crippen LogP contribution in [-0.2, 0) is 0 Å². The molecule has 0 aliphatic carbocycles. The molecule has 0 unspecified atom stereocenters. The smallest absolute Gasteiger partial charge is 0.223 e. The van der Waals surface area contributed by atoms with Gasteiger partial charge >= 0.3 is 0 Å². The standard InChI is InChI=1S/C15H23N5/c1-4-7-15(8-5-2)9-6-10-20(15)13-11-12(17-3)18-14(16)19-13/h4-5,11H,1-2,6-10H2,3H3,(H3,16,17,18,19). The Labute approximate surface area is 120 Å². The maximum absolute atomic E-state index is 5.81. The predicted molar refractivity (Wildman–Crippen MR) is 84.9 cm³/mol. The molecule has 0 bridgehead atoms. The van der Waals surface area contributed by atoms with Gasteiger partial charge in [0.25, 0.3) is 0 Å². The molecule has 1 fully saturated rings. The minimum atomic E-state index is 0.0231. The van der Waals surface area contributed by atoms with Gasteiger partial charge in [-0.05, 0) is 25.7 Å². The van der Waals surface area contributed by atoms with Gasteiger partial charge in [0.05, 0.1) is 0 Å². The summed E-state index contributed by atoms with van der Waals surface area (Å²) in [6, 6.07) is 1.95. The van der Waals surface area contributed by atoms with Gasteiger partial charge in [-0.1, -0.05) is 12.2 Å². The third-order valence-electron chi connectivity index (χ3n) is 3.91. The van der Waals surface area contributed by atoms with Gasteiger partial charge in [0.15, 0.2) is 0 Å². The molecule has 1 aromatic heterocycles. The normalized spacial score (nSPS) is 16.9. The van der Waals surface area contributed by atoms with Crippen LogP contribution in [0.2, 0.25) is 0 Å². The number of hydrogen-bond donors (Lipinski definition) is 2. The van der Waals surface area contributed by atoms with E-state index < -0.39 is 0 Å². The van der Waals surface area contributed by atoms with E-state index in [0.717, 1.165) is 43.9 Å². The molecule has 1 aliphatic heterocycles. The van der Waals surface area contributed by atoms with E-state index in [1.807, 2.05) is 25.3 Å². The van der Waals surface area contributed by atoms with E-state index in [9.17, 15) is 0 Å². The first-order valence-corrected chi connectivity index (χ1v) is 6.97. The third kappa shape index (κ3) is 2.61. The van der Waals surface area contributed by atoms with Crippen LogP contribution < -0.4 is 16.0 Å². The minimum Gasteiger partial charge on any atom is -0.373 e. The SMILES string of the molecule is C=CCC1(CC=C)CCCN1c1cc(NC)nc(N)n1. The van der Waals surface area contributed by atoms with Gasteiger partial charge in [0.1, 0.15) is 11.6 Å². The molecule has 108 valence electrons. The fraction of sp³-hybridized carbons (Fsp3) is 0.467. The lowest BCUT2D eigenvalue weighted by molar-refractivity contribution is 0.432. The monoisotopic (exact) mass is 273 g/mol. The second kappa shape index (κ2) is 5.94. The summed E-state index contributed by atoms with van der Waals surface area (Å²) in [5.74, 6) is 1.92. The van der Waals surface area contributed by atoms with Gasteiger partial charge in [-0.15, -0.1) is 13.2 Å². The molecule has 2 heterocycles. The Kier molecular flexibility index (Phi) is 4.27. The Morgan fingerprint density at radius 3 is 2.70 bits per heavy atom. The van der Waals surface area contributed by atoms with Gasteiger partial charge in [-0.3, -0.25) is 0 Å². The van der Waals surface area contributed by atoms with Crippen LogP contribution in [0.4, 0.5) is 17.6 Å². The number of nitrogens with zero attached hydrogens (tertiary/aromatic N) is 3. The van der Waals surface area contributed by atoms with Crippen LogP contribution in [0.5, 0.6) is 0 Å². The molecule has 5 nitrogen and oxygen atoms in total. The molecule has 5 heteroatoms. The topological polar surface area (TPSA) is 67.1 Å². The molecule has 0 atom stereocenters. The second-order valence-electron chi connectivity index (χ2n) is 5.18. The molecule has 0 spiro atoms. The molecule has 2 rings (SSSR count). The Morgan fingerprint density at radius 1 is 1.40 bits per heavy atom. The van der Waals surface area contributed by atoms with Crippen molar-refractivity contribution in [1.82, 2.24) is 9.97 Å². The zero-order chi connectivity index (χ0) is 14.6. The maximum atomic E-state index is 5.81. The third-order valence-corrected chi connectivity index (χ3v) is 3.91. The molecular formula is C15H23N5. The lowest BCUT2D eigenvalue weighted by atomic mass is 9.88. The van der Waals surface area contributed by atoms with Crippen molar-refractivity contribution in [3.63, 3.8) is 0 Å². The van der Waals surface area contributed by atoms with Gasteiger partial charge in [0.2, 0.25) is 5.95 Å². The second-order valence-corrected chi connectivity index (χ2v) is 5.18. The number of nitrogens with one attached hydrogen (secondary N) is 1. The van der Waals surface area contributed by atoms with Crippen LogP contribution in [0, 0.1) is 0 Å². The highest BCUT2D eigenvalue weighted by molar-refractivity contribution is 5.55. The Balaban J connectivity index is 2.40. The van der Waals surface area contributed by atoms with E-state index in [-0.39, 0.29) is 5.54 Å². The van der Waals surface area contributed by atoms with E-state index in [4.69, 9.17) is 5.73 Å². The van der Waals surface area contributed by atoms with Crippen LogP contribution in [0.3, 0.4) is 0 Å². The van der Waals surface area contributed by atoms with Gasteiger partial charge in [0, 0.05) is 25.2 Å². The summed E-state index contributed by atoms with van der Waals surface area (Å²) in [5, 5.41) is 3.02. The zero-order valence-electron chi connectivity index (χ0n) is 12.1. The molecule has 1 aliphatic rings. The van der Waals surface area contributed by atoms with E-state index in [1.54, 1.807) is 0 Å². The molecule has 0 amide bonds. The van der Waals surface area contributed by atoms with Crippen molar-refractivity contribution < 1.29 is 0 Å². The first-order valence-electron chi connectivity index (χ1n) is 6.97. The number of rotatable bonds is 6. The van der Waals surface area contributed by atoms with Crippen molar-refractivity contribution >= 4 is 17.6 Å². The lowest BCUT2D eigenvalue weighted by Crippen LogP contribution is -2.44. The summed E-state index contributed by atoms with van der Waals surface area (Å²) < 4.78 is 0. The van der Waals surface area contributed by atoms with E-state index in [2.05, 4.69) is 33.3 Å². The molecule has 1 saturated heterocycles. The lowest BCUT2D eigenvalue weighted by Gasteiger charge is -2.38. The average molecular weight is 273 g/mol. The van der Waals surface area contributed by atoms with Crippen molar-refractivity contribution in [2.24, 2.45) is 0 Å². The molecule has 3 N–H and O–H groups in total. The van der Waals surface area contributed by atoms with Crippen LogP contribution in [0.1, 0.15) is 25.7 Å². The quantitative estimate of drug-likeness (QED) is 0.780. The van der Waals surface area contributed by atoms with Gasteiger partial charge in [-0.2, -0.15) is 9.97 Å². The largest absolute Gasteiger partial charge is 0.373 e. The Bertz CT molecular complexity index is 487. The molecule has 0 saturated carbocycles. The van der Waals surface area contributed by atoms with Crippen LogP contribution in [0.15, 0.2) is 31.4 Å². The summed E-state index contributed by atoms with van der Waals surface area (Å²) in [6.45, 7) is 8.77. The number of aromatic nitrogens is 2. The van der Waals surface area contributed by atoms with Crippen molar-refractivity contribution in [1.29, 1.82) is 0 Å².